The summed E-state index contributed by atoms with van der Waals surface area (Å²) in [6.07, 6.45) is 1.43. The van der Waals surface area contributed by atoms with Crippen molar-refractivity contribution in [2.24, 2.45) is 0 Å². The van der Waals surface area contributed by atoms with Crippen LogP contribution in [0, 0.1) is 0 Å². The molecular weight excluding hydrogens is 306 g/mol. The third kappa shape index (κ3) is 7.57. The van der Waals surface area contributed by atoms with E-state index >= 15 is 0 Å². The predicted octanol–water partition coefficient (Wildman–Crippen LogP) is -0.496. The minimum absolute atomic E-state index is 0.0539. The monoisotopic (exact) mass is 334 g/mol. The Balaban J connectivity index is 1.48. The Morgan fingerprint density at radius 1 is 1.00 bits per heavy atom. The average molecular weight is 334 g/mol. The van der Waals surface area contributed by atoms with Gasteiger partial charge in [-0.2, -0.15) is 0 Å². The molecule has 0 spiro atoms. The number of morpholine rings is 1. The maximum absolute atomic E-state index is 11.8. The van der Waals surface area contributed by atoms with E-state index in [2.05, 4.69) is 10.6 Å². The zero-order chi connectivity index (χ0) is 17.0. The van der Waals surface area contributed by atoms with Crippen LogP contribution in [-0.4, -0.2) is 51.2 Å². The summed E-state index contributed by atoms with van der Waals surface area (Å²) in [6.45, 7) is 6.00. The van der Waals surface area contributed by atoms with Crippen LogP contribution in [0.1, 0.15) is 24.8 Å². The second-order valence-corrected chi connectivity index (χ2v) is 6.08. The largest absolute Gasteiger partial charge is 0.370 e. The molecule has 132 valence electrons. The predicted molar refractivity (Wildman–Crippen MR) is 91.5 cm³/mol. The van der Waals surface area contributed by atoms with Crippen molar-refractivity contribution < 1.29 is 19.2 Å². The van der Waals surface area contributed by atoms with Crippen molar-refractivity contribution in [3.63, 3.8) is 0 Å². The maximum atomic E-state index is 11.8. The summed E-state index contributed by atoms with van der Waals surface area (Å²) in [4.78, 5) is 25.0. The first-order chi connectivity index (χ1) is 11.7. The number of rotatable bonds is 9. The molecule has 1 fully saturated rings. The number of nitrogens with one attached hydrogen (secondary N) is 3. The highest BCUT2D eigenvalue weighted by Crippen LogP contribution is 1.98. The zero-order valence-electron chi connectivity index (χ0n) is 14.2. The number of amides is 2. The van der Waals surface area contributed by atoms with Crippen molar-refractivity contribution in [1.82, 2.24) is 10.6 Å². The molecule has 1 saturated heterocycles. The van der Waals surface area contributed by atoms with Gasteiger partial charge in [-0.05, 0) is 5.56 Å². The van der Waals surface area contributed by atoms with Gasteiger partial charge >= 0.3 is 0 Å². The number of ether oxygens (including phenoxy) is 1. The van der Waals surface area contributed by atoms with Gasteiger partial charge in [0.05, 0.1) is 19.8 Å². The summed E-state index contributed by atoms with van der Waals surface area (Å²) in [5.41, 5.74) is 1.06. The third-order valence-corrected chi connectivity index (χ3v) is 4.14. The SMILES string of the molecule is O=C(CCC(=O)NCc1ccccc1)NCCC[NH+]1CCOCC1. The lowest BCUT2D eigenvalue weighted by atomic mass is 10.2. The normalized spacial score (nSPS) is 15.0. The number of carbonyl (C=O) groups is 2. The summed E-state index contributed by atoms with van der Waals surface area (Å²) < 4.78 is 5.32. The van der Waals surface area contributed by atoms with Gasteiger partial charge < -0.3 is 20.3 Å². The van der Waals surface area contributed by atoms with Gasteiger partial charge in [-0.3, -0.25) is 9.59 Å². The van der Waals surface area contributed by atoms with Gasteiger partial charge in [0.2, 0.25) is 11.8 Å². The fourth-order valence-electron chi connectivity index (χ4n) is 2.68. The molecule has 0 aliphatic carbocycles. The van der Waals surface area contributed by atoms with Crippen molar-refractivity contribution in [1.29, 1.82) is 0 Å². The van der Waals surface area contributed by atoms with Crippen molar-refractivity contribution in [2.45, 2.75) is 25.8 Å². The fourth-order valence-corrected chi connectivity index (χ4v) is 2.68. The quantitative estimate of drug-likeness (QED) is 0.534. The van der Waals surface area contributed by atoms with E-state index in [1.807, 2.05) is 30.3 Å². The molecule has 0 unspecified atom stereocenters. The molecule has 6 heteroatoms. The number of quaternary nitrogens is 1. The van der Waals surface area contributed by atoms with Gasteiger partial charge in [0, 0.05) is 32.4 Å². The summed E-state index contributed by atoms with van der Waals surface area (Å²) in [5.74, 6) is -0.145. The Bertz CT molecular complexity index is 501. The lowest BCUT2D eigenvalue weighted by Gasteiger charge is -2.23. The Morgan fingerprint density at radius 2 is 1.67 bits per heavy atom. The van der Waals surface area contributed by atoms with Crippen molar-refractivity contribution in [3.8, 4) is 0 Å². The van der Waals surface area contributed by atoms with Gasteiger partial charge in [0.1, 0.15) is 13.1 Å². The zero-order valence-corrected chi connectivity index (χ0v) is 14.2. The van der Waals surface area contributed by atoms with Gasteiger partial charge in [0.15, 0.2) is 0 Å². The number of carbonyl (C=O) groups excluding carboxylic acids is 2. The molecule has 0 bridgehead atoms. The molecule has 0 atom stereocenters. The lowest BCUT2D eigenvalue weighted by molar-refractivity contribution is -0.908. The van der Waals surface area contributed by atoms with Crippen LogP contribution < -0.4 is 15.5 Å². The summed E-state index contributed by atoms with van der Waals surface area (Å²) in [7, 11) is 0. The number of hydrogen-bond donors (Lipinski definition) is 3. The highest BCUT2D eigenvalue weighted by Gasteiger charge is 2.13. The summed E-state index contributed by atoms with van der Waals surface area (Å²) in [6, 6.07) is 9.74. The second-order valence-electron chi connectivity index (χ2n) is 6.08. The van der Waals surface area contributed by atoms with Crippen LogP contribution >= 0.6 is 0 Å². The van der Waals surface area contributed by atoms with E-state index in [4.69, 9.17) is 4.74 Å². The Morgan fingerprint density at radius 3 is 2.38 bits per heavy atom. The van der Waals surface area contributed by atoms with Crippen molar-refractivity contribution in [3.05, 3.63) is 35.9 Å². The van der Waals surface area contributed by atoms with Gasteiger partial charge in [-0.1, -0.05) is 30.3 Å². The van der Waals surface area contributed by atoms with E-state index in [-0.39, 0.29) is 24.7 Å². The third-order valence-electron chi connectivity index (χ3n) is 4.14. The molecule has 1 aliphatic heterocycles. The lowest BCUT2D eigenvalue weighted by Crippen LogP contribution is -3.14. The molecule has 3 N–H and O–H groups in total. The van der Waals surface area contributed by atoms with Crippen LogP contribution in [0.15, 0.2) is 30.3 Å². The molecule has 1 aromatic rings. The molecule has 2 amide bonds. The Labute approximate surface area is 143 Å². The standard InChI is InChI=1S/C18H27N3O3/c22-17(19-9-4-10-21-11-13-24-14-12-21)7-8-18(23)20-15-16-5-2-1-3-6-16/h1-3,5-6H,4,7-15H2,(H,19,22)(H,20,23)/p+1. The fraction of sp³-hybridized carbons (Fsp3) is 0.556. The van der Waals surface area contributed by atoms with E-state index in [9.17, 15) is 9.59 Å². The molecular formula is C18H28N3O3+. The molecule has 0 radical (unpaired) electrons. The topological polar surface area (TPSA) is 71.9 Å². The van der Waals surface area contributed by atoms with Crippen LogP contribution in [0.4, 0.5) is 0 Å². The number of hydrogen-bond acceptors (Lipinski definition) is 3. The van der Waals surface area contributed by atoms with Gasteiger partial charge in [-0.25, -0.2) is 0 Å². The minimum atomic E-state index is -0.0910. The van der Waals surface area contributed by atoms with Crippen LogP contribution in [0.25, 0.3) is 0 Å². The van der Waals surface area contributed by atoms with E-state index in [1.165, 1.54) is 4.90 Å². The van der Waals surface area contributed by atoms with E-state index in [0.717, 1.165) is 44.8 Å². The van der Waals surface area contributed by atoms with E-state index in [0.29, 0.717) is 13.1 Å². The highest BCUT2D eigenvalue weighted by molar-refractivity contribution is 5.83. The molecule has 0 saturated carbocycles. The molecule has 24 heavy (non-hydrogen) atoms. The smallest absolute Gasteiger partial charge is 0.220 e. The molecule has 1 heterocycles. The first-order valence-electron chi connectivity index (χ1n) is 8.72. The van der Waals surface area contributed by atoms with E-state index in [1.54, 1.807) is 0 Å². The maximum Gasteiger partial charge on any atom is 0.220 e. The van der Waals surface area contributed by atoms with Gasteiger partial charge in [-0.15, -0.1) is 0 Å². The Hall–Kier alpha value is -1.92. The number of benzene rings is 1. The summed E-state index contributed by atoms with van der Waals surface area (Å²) in [5, 5.41) is 5.72. The van der Waals surface area contributed by atoms with Gasteiger partial charge in [0.25, 0.3) is 0 Å². The molecule has 2 rings (SSSR count). The molecule has 0 aromatic heterocycles. The van der Waals surface area contributed by atoms with Crippen LogP contribution in [-0.2, 0) is 20.9 Å². The first-order valence-corrected chi connectivity index (χ1v) is 8.72. The summed E-state index contributed by atoms with van der Waals surface area (Å²) >= 11 is 0. The minimum Gasteiger partial charge on any atom is -0.370 e. The average Bonchev–Trinajstić information content (AvgIpc) is 2.63. The second kappa shape index (κ2) is 10.8. The highest BCUT2D eigenvalue weighted by atomic mass is 16.5. The molecule has 1 aromatic carbocycles. The first kappa shape index (κ1) is 18.4. The van der Waals surface area contributed by atoms with Crippen LogP contribution in [0.2, 0.25) is 0 Å². The van der Waals surface area contributed by atoms with Crippen LogP contribution in [0.5, 0.6) is 0 Å². The Kier molecular flexibility index (Phi) is 8.27. The van der Waals surface area contributed by atoms with E-state index < -0.39 is 0 Å². The van der Waals surface area contributed by atoms with Crippen molar-refractivity contribution >= 4 is 11.8 Å². The molecule has 6 nitrogen and oxygen atoms in total. The van der Waals surface area contributed by atoms with Crippen LogP contribution in [0.3, 0.4) is 0 Å². The van der Waals surface area contributed by atoms with Crippen molar-refractivity contribution in [2.75, 3.05) is 39.4 Å². The molecule has 1 aliphatic rings.